The van der Waals surface area contributed by atoms with Crippen molar-refractivity contribution in [3.63, 3.8) is 0 Å². The number of nitrogens with one attached hydrogen (secondary N) is 1. The van der Waals surface area contributed by atoms with E-state index in [0.29, 0.717) is 0 Å². The van der Waals surface area contributed by atoms with Crippen LogP contribution in [0.4, 0.5) is 0 Å². The highest BCUT2D eigenvalue weighted by Crippen LogP contribution is 2.19. The second-order valence-electron chi connectivity index (χ2n) is 5.45. The maximum Gasteiger partial charge on any atom is 0.0106 e. The molecule has 2 rings (SSSR count). The third kappa shape index (κ3) is 5.98. The van der Waals surface area contributed by atoms with Gasteiger partial charge in [-0.05, 0) is 64.0 Å². The first kappa shape index (κ1) is 14.9. The van der Waals surface area contributed by atoms with Crippen LogP contribution in [0.5, 0.6) is 0 Å². The molecule has 2 nitrogen and oxygen atoms in total. The van der Waals surface area contributed by atoms with Gasteiger partial charge in [0.2, 0.25) is 0 Å². The van der Waals surface area contributed by atoms with Crippen molar-refractivity contribution in [1.82, 2.24) is 10.2 Å². The van der Waals surface area contributed by atoms with Crippen LogP contribution in [0.1, 0.15) is 19.3 Å². The zero-order chi connectivity index (χ0) is 13.3. The van der Waals surface area contributed by atoms with Crippen molar-refractivity contribution in [2.45, 2.75) is 24.2 Å². The predicted octanol–water partition coefficient (Wildman–Crippen LogP) is 3.10. The normalized spacial score (nSPS) is 17.7. The monoisotopic (exact) mass is 278 g/mol. The van der Waals surface area contributed by atoms with Crippen LogP contribution in [0.3, 0.4) is 0 Å². The van der Waals surface area contributed by atoms with E-state index in [2.05, 4.69) is 47.6 Å². The average Bonchev–Trinajstić information content (AvgIpc) is 2.46. The van der Waals surface area contributed by atoms with Gasteiger partial charge >= 0.3 is 0 Å². The molecule has 106 valence electrons. The molecule has 0 aromatic heterocycles. The zero-order valence-electron chi connectivity index (χ0n) is 12.0. The Kier molecular flexibility index (Phi) is 6.75. The number of piperidine rings is 1. The third-order valence-corrected chi connectivity index (χ3v) is 4.87. The Balaban J connectivity index is 1.46. The van der Waals surface area contributed by atoms with Crippen molar-refractivity contribution in [3.8, 4) is 0 Å². The van der Waals surface area contributed by atoms with Gasteiger partial charge in [-0.3, -0.25) is 0 Å². The zero-order valence-corrected chi connectivity index (χ0v) is 12.8. The van der Waals surface area contributed by atoms with E-state index in [0.717, 1.165) is 18.2 Å². The van der Waals surface area contributed by atoms with Gasteiger partial charge in [-0.15, -0.1) is 11.8 Å². The molecule has 0 bridgehead atoms. The van der Waals surface area contributed by atoms with E-state index >= 15 is 0 Å². The summed E-state index contributed by atoms with van der Waals surface area (Å²) >= 11 is 1.94. The number of thioether (sulfide) groups is 1. The van der Waals surface area contributed by atoms with Gasteiger partial charge in [0.25, 0.3) is 0 Å². The Labute approximate surface area is 122 Å². The van der Waals surface area contributed by atoms with E-state index in [1.807, 2.05) is 11.8 Å². The molecular weight excluding hydrogens is 252 g/mol. The second-order valence-corrected chi connectivity index (χ2v) is 6.62. The van der Waals surface area contributed by atoms with Gasteiger partial charge in [0.15, 0.2) is 0 Å². The Morgan fingerprint density at radius 3 is 2.63 bits per heavy atom. The predicted molar refractivity (Wildman–Crippen MR) is 84.9 cm³/mol. The summed E-state index contributed by atoms with van der Waals surface area (Å²) in [6.07, 6.45) is 4.12. The van der Waals surface area contributed by atoms with Crippen LogP contribution in [0.25, 0.3) is 0 Å². The number of likely N-dealkylation sites (tertiary alicyclic amines) is 1. The van der Waals surface area contributed by atoms with Crippen LogP contribution in [0, 0.1) is 5.92 Å². The second kappa shape index (κ2) is 8.62. The lowest BCUT2D eigenvalue weighted by atomic mass is 9.94. The van der Waals surface area contributed by atoms with Crippen LogP contribution < -0.4 is 5.32 Å². The molecule has 1 aromatic carbocycles. The first-order chi connectivity index (χ1) is 9.34. The highest BCUT2D eigenvalue weighted by atomic mass is 32.2. The highest BCUT2D eigenvalue weighted by Gasteiger charge is 2.15. The summed E-state index contributed by atoms with van der Waals surface area (Å²) in [5.41, 5.74) is 0. The Hall–Kier alpha value is -0.510. The highest BCUT2D eigenvalue weighted by molar-refractivity contribution is 7.99. The first-order valence-corrected chi connectivity index (χ1v) is 8.40. The van der Waals surface area contributed by atoms with Gasteiger partial charge in [0, 0.05) is 17.2 Å². The average molecular weight is 278 g/mol. The van der Waals surface area contributed by atoms with E-state index in [9.17, 15) is 0 Å². The summed E-state index contributed by atoms with van der Waals surface area (Å²) < 4.78 is 0. The number of rotatable bonds is 7. The molecule has 1 aliphatic heterocycles. The van der Waals surface area contributed by atoms with E-state index in [1.54, 1.807) is 0 Å². The topological polar surface area (TPSA) is 15.3 Å². The maximum absolute atomic E-state index is 3.58. The van der Waals surface area contributed by atoms with Crippen molar-refractivity contribution in [2.75, 3.05) is 39.0 Å². The Bertz CT molecular complexity index is 334. The molecule has 0 unspecified atom stereocenters. The smallest absolute Gasteiger partial charge is 0.0106 e. The molecule has 1 aliphatic rings. The summed E-state index contributed by atoms with van der Waals surface area (Å²) in [7, 11) is 2.23. The fourth-order valence-corrected chi connectivity index (χ4v) is 3.37. The molecule has 1 aromatic rings. The lowest BCUT2D eigenvalue weighted by Crippen LogP contribution is -2.31. The van der Waals surface area contributed by atoms with Gasteiger partial charge in [0.05, 0.1) is 0 Å². The lowest BCUT2D eigenvalue weighted by Gasteiger charge is -2.28. The fourth-order valence-electron chi connectivity index (χ4n) is 2.54. The van der Waals surface area contributed by atoms with Crippen LogP contribution in [0.2, 0.25) is 0 Å². The van der Waals surface area contributed by atoms with Crippen LogP contribution in [-0.4, -0.2) is 43.9 Å². The van der Waals surface area contributed by atoms with Gasteiger partial charge in [-0.25, -0.2) is 0 Å². The Morgan fingerprint density at radius 1 is 1.16 bits per heavy atom. The summed E-state index contributed by atoms with van der Waals surface area (Å²) in [5.74, 6) is 2.11. The minimum atomic E-state index is 0.950. The molecule has 0 atom stereocenters. The van der Waals surface area contributed by atoms with Crippen molar-refractivity contribution >= 4 is 11.8 Å². The molecule has 1 saturated heterocycles. The molecule has 0 amide bonds. The molecule has 0 radical (unpaired) electrons. The number of hydrogen-bond donors (Lipinski definition) is 1. The van der Waals surface area contributed by atoms with Crippen LogP contribution >= 0.6 is 11.8 Å². The number of benzene rings is 1. The molecule has 0 saturated carbocycles. The van der Waals surface area contributed by atoms with E-state index in [-0.39, 0.29) is 0 Å². The van der Waals surface area contributed by atoms with Gasteiger partial charge in [-0.1, -0.05) is 18.2 Å². The summed E-state index contributed by atoms with van der Waals surface area (Å²) in [6, 6.07) is 10.7. The fraction of sp³-hybridized carbons (Fsp3) is 0.625. The quantitative estimate of drug-likeness (QED) is 0.609. The first-order valence-electron chi connectivity index (χ1n) is 7.42. The standard InChI is InChI=1S/C16H26N2S/c1-18-12-8-15(9-13-18)7-10-17-11-14-19-16-5-3-2-4-6-16/h2-6,15,17H,7-14H2,1H3. The van der Waals surface area contributed by atoms with Crippen molar-refractivity contribution < 1.29 is 0 Å². The van der Waals surface area contributed by atoms with Crippen LogP contribution in [-0.2, 0) is 0 Å². The molecule has 1 fully saturated rings. The minimum absolute atomic E-state index is 0.950. The molecular formula is C16H26N2S. The number of nitrogens with zero attached hydrogens (tertiary/aromatic N) is 1. The van der Waals surface area contributed by atoms with Crippen molar-refractivity contribution in [1.29, 1.82) is 0 Å². The minimum Gasteiger partial charge on any atom is -0.316 e. The molecule has 0 spiro atoms. The molecule has 0 aliphatic carbocycles. The van der Waals surface area contributed by atoms with E-state index < -0.39 is 0 Å². The Morgan fingerprint density at radius 2 is 1.89 bits per heavy atom. The van der Waals surface area contributed by atoms with Gasteiger partial charge in [-0.2, -0.15) is 0 Å². The lowest BCUT2D eigenvalue weighted by molar-refractivity contribution is 0.212. The van der Waals surface area contributed by atoms with Gasteiger partial charge in [0.1, 0.15) is 0 Å². The summed E-state index contributed by atoms with van der Waals surface area (Å²) in [4.78, 5) is 3.82. The van der Waals surface area contributed by atoms with Gasteiger partial charge < -0.3 is 10.2 Å². The van der Waals surface area contributed by atoms with Crippen molar-refractivity contribution in [3.05, 3.63) is 30.3 Å². The molecule has 3 heteroatoms. The molecule has 19 heavy (non-hydrogen) atoms. The molecule has 1 heterocycles. The van der Waals surface area contributed by atoms with Crippen molar-refractivity contribution in [2.24, 2.45) is 5.92 Å². The SMILES string of the molecule is CN1CCC(CCNCCSc2ccccc2)CC1. The third-order valence-electron chi connectivity index (χ3n) is 3.86. The summed E-state index contributed by atoms with van der Waals surface area (Å²) in [5, 5.41) is 3.58. The maximum atomic E-state index is 3.58. The van der Waals surface area contributed by atoms with E-state index in [1.165, 1.54) is 43.8 Å². The van der Waals surface area contributed by atoms with Crippen LogP contribution in [0.15, 0.2) is 35.2 Å². The molecule has 1 N–H and O–H groups in total. The largest absolute Gasteiger partial charge is 0.316 e. The number of hydrogen-bond acceptors (Lipinski definition) is 3. The van der Waals surface area contributed by atoms with E-state index in [4.69, 9.17) is 0 Å². The summed E-state index contributed by atoms with van der Waals surface area (Å²) in [6.45, 7) is 4.87.